The van der Waals surface area contributed by atoms with Crippen LogP contribution in [0.4, 0.5) is 24.5 Å². The quantitative estimate of drug-likeness (QED) is 0.622. The predicted molar refractivity (Wildman–Crippen MR) is 119 cm³/mol. The number of amides is 1. The number of ether oxygens (including phenoxy) is 2. The fraction of sp³-hybridized carbons (Fsp3) is 0.652. The number of anilines is 2. The van der Waals surface area contributed by atoms with Crippen LogP contribution < -0.4 is 9.80 Å². The van der Waals surface area contributed by atoms with Crippen molar-refractivity contribution < 1.29 is 37.7 Å². The van der Waals surface area contributed by atoms with Gasteiger partial charge in [0.15, 0.2) is 0 Å². The van der Waals surface area contributed by atoms with Crippen LogP contribution in [-0.4, -0.2) is 80.9 Å². The highest BCUT2D eigenvalue weighted by molar-refractivity contribution is 6.05. The van der Waals surface area contributed by atoms with Crippen LogP contribution in [0.25, 0.3) is 0 Å². The van der Waals surface area contributed by atoms with E-state index in [4.69, 9.17) is 15.0 Å². The molecule has 2 aliphatic rings. The molecular formula is C23H32F3N3O4. The lowest BCUT2D eigenvalue weighted by Gasteiger charge is -2.38. The van der Waals surface area contributed by atoms with Gasteiger partial charge < -0.3 is 24.2 Å². The summed E-state index contributed by atoms with van der Waals surface area (Å²) in [5, 5.41) is 0. The van der Waals surface area contributed by atoms with Gasteiger partial charge in [-0.2, -0.15) is 13.2 Å². The molecule has 0 spiro atoms. The van der Waals surface area contributed by atoms with E-state index in [1.165, 1.54) is 12.1 Å². The Morgan fingerprint density at radius 1 is 1.12 bits per heavy atom. The molecule has 1 amide bonds. The number of nitrogens with zero attached hydrogens (tertiary/aromatic N) is 3. The number of hydrogen-bond donors (Lipinski definition) is 0. The lowest BCUT2D eigenvalue weighted by molar-refractivity contribution is -0.171. The first kappa shape index (κ1) is 20.1. The van der Waals surface area contributed by atoms with Crippen LogP contribution in [0.5, 0.6) is 0 Å². The fourth-order valence-electron chi connectivity index (χ4n) is 3.68. The maximum absolute atomic E-state index is 13.9. The number of halogens is 3. The van der Waals surface area contributed by atoms with E-state index in [-0.39, 0.29) is 10.5 Å². The number of likely N-dealkylation sites (N-methyl/N-ethyl adjacent to an activating group) is 1. The Balaban J connectivity index is 2.19. The van der Waals surface area contributed by atoms with E-state index < -0.39 is 61.3 Å². The van der Waals surface area contributed by atoms with Crippen LogP contribution >= 0.6 is 0 Å². The van der Waals surface area contributed by atoms with Gasteiger partial charge in [-0.1, -0.05) is 0 Å². The van der Waals surface area contributed by atoms with Crippen molar-refractivity contribution in [2.24, 2.45) is 0 Å². The average molecular weight is 476 g/mol. The summed E-state index contributed by atoms with van der Waals surface area (Å²) in [5.74, 6) is -3.31. The van der Waals surface area contributed by atoms with Gasteiger partial charge in [0.25, 0.3) is 0 Å². The number of carbonyl (C=O) groups is 2. The van der Waals surface area contributed by atoms with Crippen LogP contribution in [0.1, 0.15) is 49.5 Å². The first-order valence-corrected chi connectivity index (χ1v) is 10.7. The number of alkyl halides is 3. The minimum Gasteiger partial charge on any atom is -0.456 e. The van der Waals surface area contributed by atoms with E-state index >= 15 is 0 Å². The summed E-state index contributed by atoms with van der Waals surface area (Å²) >= 11 is 0. The van der Waals surface area contributed by atoms with Crippen LogP contribution in [0.3, 0.4) is 0 Å². The molecule has 0 unspecified atom stereocenters. The number of piperazine rings is 1. The zero-order valence-corrected chi connectivity index (χ0v) is 19.2. The molecule has 33 heavy (non-hydrogen) atoms. The number of carbonyl (C=O) groups excluding carboxylic acids is 2. The fourth-order valence-corrected chi connectivity index (χ4v) is 3.68. The Bertz CT molecular complexity index is 1010. The zero-order chi connectivity index (χ0) is 28.0. The lowest BCUT2D eigenvalue weighted by atomic mass is 10.0. The highest BCUT2D eigenvalue weighted by Crippen LogP contribution is 2.35. The van der Waals surface area contributed by atoms with Gasteiger partial charge in [0, 0.05) is 51.0 Å². The minimum atomic E-state index is -5.38. The van der Waals surface area contributed by atoms with Gasteiger partial charge in [0.1, 0.15) is 5.60 Å². The second-order valence-corrected chi connectivity index (χ2v) is 9.12. The highest BCUT2D eigenvalue weighted by Gasteiger charge is 2.46. The predicted octanol–water partition coefficient (Wildman–Crippen LogP) is 3.47. The number of esters is 1. The summed E-state index contributed by atoms with van der Waals surface area (Å²) in [6, 6.07) is 2.54. The van der Waals surface area contributed by atoms with E-state index in [0.29, 0.717) is 31.9 Å². The van der Waals surface area contributed by atoms with Gasteiger partial charge in [-0.3, -0.25) is 4.79 Å². The largest absolute Gasteiger partial charge is 0.471 e. The van der Waals surface area contributed by atoms with Crippen molar-refractivity contribution in [3.63, 3.8) is 0 Å². The molecule has 2 heterocycles. The van der Waals surface area contributed by atoms with Crippen molar-refractivity contribution in [3.8, 4) is 0 Å². The first-order chi connectivity index (χ1) is 16.8. The second kappa shape index (κ2) is 9.89. The molecule has 0 aromatic heterocycles. The number of rotatable bonds is 4. The summed E-state index contributed by atoms with van der Waals surface area (Å²) in [6.07, 6.45) is -6.85. The summed E-state index contributed by atoms with van der Waals surface area (Å²) in [6.45, 7) is 1.93. The monoisotopic (exact) mass is 475 g/mol. The highest BCUT2D eigenvalue weighted by atomic mass is 19.4. The topological polar surface area (TPSA) is 62.3 Å². The molecule has 0 N–H and O–H groups in total. The van der Waals surface area contributed by atoms with Crippen LogP contribution in [0.2, 0.25) is 0 Å². The SMILES string of the molecule is [2H]C1([2H])CC(N(C(=O)C(F)(F)F)c2cc(N3CCN(C)CC3)ccc2C(=O)OC(C)(C)C)CC([2H])([2H])O1. The van der Waals surface area contributed by atoms with Gasteiger partial charge in [-0.15, -0.1) is 0 Å². The summed E-state index contributed by atoms with van der Waals surface area (Å²) in [5.41, 5.74) is -1.27. The maximum atomic E-state index is 13.9. The van der Waals surface area contributed by atoms with Gasteiger partial charge in [-0.25, -0.2) is 4.79 Å². The maximum Gasteiger partial charge on any atom is 0.471 e. The average Bonchev–Trinajstić information content (AvgIpc) is 2.70. The molecule has 0 radical (unpaired) electrons. The van der Waals surface area contributed by atoms with E-state index in [1.54, 1.807) is 26.8 Å². The third kappa shape index (κ3) is 6.38. The molecule has 1 aromatic rings. The van der Waals surface area contributed by atoms with Crippen molar-refractivity contribution in [1.29, 1.82) is 0 Å². The zero-order valence-electron chi connectivity index (χ0n) is 23.2. The Kier molecular flexibility index (Phi) is 6.01. The van der Waals surface area contributed by atoms with Crippen LogP contribution in [0.15, 0.2) is 18.2 Å². The van der Waals surface area contributed by atoms with Gasteiger partial charge in [-0.05, 0) is 58.9 Å². The van der Waals surface area contributed by atoms with E-state index in [1.807, 2.05) is 11.9 Å². The van der Waals surface area contributed by atoms with Crippen molar-refractivity contribution >= 4 is 23.3 Å². The molecule has 0 saturated carbocycles. The molecule has 7 nitrogen and oxygen atoms in total. The summed E-state index contributed by atoms with van der Waals surface area (Å²) in [4.78, 5) is 30.2. The van der Waals surface area contributed by atoms with Gasteiger partial charge in [0.2, 0.25) is 0 Å². The smallest absolute Gasteiger partial charge is 0.456 e. The Hall–Kier alpha value is -2.33. The van der Waals surface area contributed by atoms with Crippen molar-refractivity contribution in [2.45, 2.75) is 51.4 Å². The van der Waals surface area contributed by atoms with Gasteiger partial charge in [0.05, 0.1) is 16.7 Å². The van der Waals surface area contributed by atoms with Crippen molar-refractivity contribution in [2.75, 3.05) is 56.1 Å². The molecule has 10 heteroatoms. The van der Waals surface area contributed by atoms with Crippen molar-refractivity contribution in [1.82, 2.24) is 4.90 Å². The Labute approximate surface area is 198 Å². The van der Waals surface area contributed by atoms with Crippen LogP contribution in [0, 0.1) is 0 Å². The standard InChI is InChI=1S/C23H32F3N3O4/c1-22(2,3)33-20(30)18-6-5-17(28-11-9-27(4)10-12-28)15-19(18)29(21(31)23(24,25)26)16-7-13-32-14-8-16/h5-6,15-16H,7-14H2,1-4H3/i13D2,14D2. The number of benzene rings is 1. The third-order valence-corrected chi connectivity index (χ3v) is 5.34. The molecule has 0 bridgehead atoms. The molecule has 2 aliphatic heterocycles. The van der Waals surface area contributed by atoms with Crippen LogP contribution in [-0.2, 0) is 14.3 Å². The minimum absolute atomic E-state index is 0.289. The van der Waals surface area contributed by atoms with E-state index in [9.17, 15) is 22.8 Å². The molecule has 2 saturated heterocycles. The Morgan fingerprint density at radius 2 is 1.73 bits per heavy atom. The summed E-state index contributed by atoms with van der Waals surface area (Å²) in [7, 11) is 1.94. The normalized spacial score (nSPS) is 23.7. The number of hydrogen-bond acceptors (Lipinski definition) is 6. The van der Waals surface area contributed by atoms with Gasteiger partial charge >= 0.3 is 18.1 Å². The Morgan fingerprint density at radius 3 is 2.27 bits per heavy atom. The molecule has 0 atom stereocenters. The van der Waals surface area contributed by atoms with E-state index in [2.05, 4.69) is 4.90 Å². The molecule has 1 aromatic carbocycles. The molecule has 2 fully saturated rings. The molecule has 3 rings (SSSR count). The summed E-state index contributed by atoms with van der Waals surface area (Å²) < 4.78 is 83.5. The van der Waals surface area contributed by atoms with Crippen molar-refractivity contribution in [3.05, 3.63) is 23.8 Å². The molecular weight excluding hydrogens is 439 g/mol. The second-order valence-electron chi connectivity index (χ2n) is 9.12. The third-order valence-electron chi connectivity index (χ3n) is 5.34. The molecule has 184 valence electrons. The van der Waals surface area contributed by atoms with E-state index in [0.717, 1.165) is 0 Å². The lowest BCUT2D eigenvalue weighted by Crippen LogP contribution is -2.50. The first-order valence-electron chi connectivity index (χ1n) is 12.7. The molecule has 0 aliphatic carbocycles.